The zero-order chi connectivity index (χ0) is 23.8. The molecule has 0 radical (unpaired) electrons. The van der Waals surface area contributed by atoms with Crippen LogP contribution in [0.4, 0.5) is 0 Å². The number of benzene rings is 1. The topological polar surface area (TPSA) is 106 Å². The van der Waals surface area contributed by atoms with Crippen LogP contribution < -0.4 is 5.32 Å². The highest BCUT2D eigenvalue weighted by atomic mass is 35.5. The van der Waals surface area contributed by atoms with Gasteiger partial charge in [-0.25, -0.2) is 4.79 Å². The molecule has 33 heavy (non-hydrogen) atoms. The molecule has 2 aliphatic heterocycles. The quantitative estimate of drug-likeness (QED) is 0.315. The van der Waals surface area contributed by atoms with E-state index in [4.69, 9.17) is 39.5 Å². The molecule has 0 saturated carbocycles. The highest BCUT2D eigenvalue weighted by Gasteiger charge is 2.66. The lowest BCUT2D eigenvalue weighted by Gasteiger charge is -2.44. The first-order valence-electron chi connectivity index (χ1n) is 9.97. The number of carbonyl (C=O) groups excluding carboxylic acids is 3. The van der Waals surface area contributed by atoms with Gasteiger partial charge in [0.1, 0.15) is 17.5 Å². The highest BCUT2D eigenvalue weighted by molar-refractivity contribution is 8.01. The molecule has 9 nitrogen and oxygen atoms in total. The SMILES string of the molecule is C[C@@]1(Cn2ccnn2)S[C@@H]2[C@H](NC(=O)Cc3ccccc3)C(=O)N2[C@H]1C(=O)OC(Cl)(Cl)CCl. The van der Waals surface area contributed by atoms with E-state index in [1.165, 1.54) is 22.9 Å². The second-order valence-corrected chi connectivity index (χ2v) is 11.3. The summed E-state index contributed by atoms with van der Waals surface area (Å²) in [7, 11) is 0. The van der Waals surface area contributed by atoms with Gasteiger partial charge in [0.2, 0.25) is 11.8 Å². The second kappa shape index (κ2) is 9.32. The van der Waals surface area contributed by atoms with E-state index >= 15 is 0 Å². The lowest BCUT2D eigenvalue weighted by Crippen LogP contribution is -2.71. The summed E-state index contributed by atoms with van der Waals surface area (Å²) in [4.78, 5) is 40.1. The molecular weight excluding hydrogens is 513 g/mol. The number of nitrogens with one attached hydrogen (secondary N) is 1. The van der Waals surface area contributed by atoms with Gasteiger partial charge in [0.15, 0.2) is 0 Å². The number of nitrogens with zero attached hydrogens (tertiary/aromatic N) is 4. The summed E-state index contributed by atoms with van der Waals surface area (Å²) >= 11 is 18.9. The van der Waals surface area contributed by atoms with Crippen LogP contribution in [-0.4, -0.2) is 70.3 Å². The van der Waals surface area contributed by atoms with Crippen molar-refractivity contribution in [2.45, 2.75) is 46.6 Å². The summed E-state index contributed by atoms with van der Waals surface area (Å²) in [5.74, 6) is -1.82. The molecule has 2 amide bonds. The van der Waals surface area contributed by atoms with E-state index in [9.17, 15) is 14.4 Å². The first-order valence-corrected chi connectivity index (χ1v) is 12.1. The van der Waals surface area contributed by atoms with Crippen molar-refractivity contribution in [3.05, 3.63) is 48.3 Å². The number of esters is 1. The van der Waals surface area contributed by atoms with Crippen molar-refractivity contribution in [2.24, 2.45) is 0 Å². The predicted octanol–water partition coefficient (Wildman–Crippen LogP) is 1.96. The van der Waals surface area contributed by atoms with Crippen LogP contribution in [0, 0.1) is 0 Å². The fourth-order valence-electron chi connectivity index (χ4n) is 4.01. The first kappa shape index (κ1) is 24.1. The number of amides is 2. The maximum Gasteiger partial charge on any atom is 0.333 e. The summed E-state index contributed by atoms with van der Waals surface area (Å²) < 4.78 is 3.96. The second-order valence-electron chi connectivity index (χ2n) is 7.97. The number of ether oxygens (including phenoxy) is 1. The maximum atomic E-state index is 13.1. The van der Waals surface area contributed by atoms with Gasteiger partial charge in [-0.2, -0.15) is 0 Å². The molecule has 1 aromatic heterocycles. The predicted molar refractivity (Wildman–Crippen MR) is 124 cm³/mol. The Kier molecular flexibility index (Phi) is 6.82. The molecule has 4 rings (SSSR count). The molecule has 0 unspecified atom stereocenters. The van der Waals surface area contributed by atoms with Crippen LogP contribution >= 0.6 is 46.6 Å². The van der Waals surface area contributed by atoms with Crippen LogP contribution in [0.15, 0.2) is 42.7 Å². The van der Waals surface area contributed by atoms with Gasteiger partial charge in [0, 0.05) is 6.20 Å². The minimum absolute atomic E-state index is 0.139. The van der Waals surface area contributed by atoms with Gasteiger partial charge in [0.25, 0.3) is 4.52 Å². The fraction of sp³-hybridized carbons (Fsp3) is 0.450. The third-order valence-electron chi connectivity index (χ3n) is 5.43. The molecule has 2 aromatic rings. The lowest BCUT2D eigenvalue weighted by atomic mass is 9.94. The molecule has 4 atom stereocenters. The number of carbonyl (C=O) groups is 3. The van der Waals surface area contributed by atoms with Crippen molar-refractivity contribution in [2.75, 3.05) is 5.88 Å². The van der Waals surface area contributed by atoms with Crippen molar-refractivity contribution in [3.8, 4) is 0 Å². The smallest absolute Gasteiger partial charge is 0.333 e. The molecule has 1 aromatic carbocycles. The molecule has 176 valence electrons. The summed E-state index contributed by atoms with van der Waals surface area (Å²) in [6.45, 7) is 2.06. The van der Waals surface area contributed by atoms with Crippen LogP contribution in [0.1, 0.15) is 12.5 Å². The molecule has 0 aliphatic carbocycles. The number of rotatable bonds is 8. The summed E-state index contributed by atoms with van der Waals surface area (Å²) in [6, 6.07) is 7.41. The lowest BCUT2D eigenvalue weighted by molar-refractivity contribution is -0.166. The zero-order valence-corrected chi connectivity index (χ0v) is 20.4. The summed E-state index contributed by atoms with van der Waals surface area (Å²) in [5, 5.41) is 10.1. The monoisotopic (exact) mass is 531 g/mol. The van der Waals surface area contributed by atoms with E-state index in [2.05, 4.69) is 15.6 Å². The van der Waals surface area contributed by atoms with Gasteiger partial charge in [-0.15, -0.1) is 28.5 Å². The Bertz CT molecular complexity index is 1040. The largest absolute Gasteiger partial charge is 0.426 e. The molecule has 0 bridgehead atoms. The Morgan fingerprint density at radius 3 is 2.67 bits per heavy atom. The van der Waals surface area contributed by atoms with Gasteiger partial charge >= 0.3 is 5.97 Å². The minimum atomic E-state index is -1.94. The van der Waals surface area contributed by atoms with Crippen LogP contribution in [0.25, 0.3) is 0 Å². The number of β-lactam (4-membered cyclic amide) rings is 1. The Morgan fingerprint density at radius 1 is 1.30 bits per heavy atom. The van der Waals surface area contributed by atoms with E-state index in [0.29, 0.717) is 0 Å². The fourth-order valence-corrected chi connectivity index (χ4v) is 5.98. The maximum absolute atomic E-state index is 13.1. The number of halogens is 3. The van der Waals surface area contributed by atoms with Crippen molar-refractivity contribution < 1.29 is 19.1 Å². The molecular formula is C20H20Cl3N5O4S. The molecule has 2 fully saturated rings. The Hall–Kier alpha value is -2.01. The molecule has 3 heterocycles. The van der Waals surface area contributed by atoms with E-state index in [-0.39, 0.29) is 24.8 Å². The van der Waals surface area contributed by atoms with Crippen LogP contribution in [0.3, 0.4) is 0 Å². The van der Waals surface area contributed by atoms with Crippen LogP contribution in [-0.2, 0) is 32.1 Å². The van der Waals surface area contributed by atoms with Crippen molar-refractivity contribution in [1.29, 1.82) is 0 Å². The van der Waals surface area contributed by atoms with E-state index < -0.39 is 38.6 Å². The summed E-state index contributed by atoms with van der Waals surface area (Å²) in [6.07, 6.45) is 3.30. The average Bonchev–Trinajstić information content (AvgIpc) is 3.36. The standard InChI is InChI=1S/C20H20Cl3N5O4S/c1-19(11-27-8-7-24-26-27)15(18(31)32-20(22,23)10-21)28-16(30)14(17(28)33-19)25-13(29)9-12-5-3-2-4-6-12/h2-8,14-15,17H,9-11H2,1H3,(H,25,29)/t14-,15+,17-,19+/m1/s1. The number of alkyl halides is 3. The number of hydrogen-bond acceptors (Lipinski definition) is 7. The Morgan fingerprint density at radius 2 is 2.03 bits per heavy atom. The Balaban J connectivity index is 1.53. The first-order chi connectivity index (χ1) is 15.6. The molecule has 1 N–H and O–H groups in total. The molecule has 2 aliphatic rings. The summed E-state index contributed by atoms with van der Waals surface area (Å²) in [5.41, 5.74) is 0.830. The van der Waals surface area contributed by atoms with Crippen LogP contribution in [0.5, 0.6) is 0 Å². The van der Waals surface area contributed by atoms with Crippen molar-refractivity contribution >= 4 is 64.3 Å². The number of aromatic nitrogens is 3. The van der Waals surface area contributed by atoms with Crippen molar-refractivity contribution in [3.63, 3.8) is 0 Å². The Labute approximate surface area is 209 Å². The molecule has 13 heteroatoms. The van der Waals surface area contributed by atoms with E-state index in [1.807, 2.05) is 37.3 Å². The molecule has 0 spiro atoms. The molecule has 2 saturated heterocycles. The van der Waals surface area contributed by atoms with E-state index in [1.54, 1.807) is 10.9 Å². The third kappa shape index (κ3) is 4.94. The number of fused-ring (bicyclic) bond motifs is 1. The van der Waals surface area contributed by atoms with Gasteiger partial charge in [0.05, 0.1) is 29.8 Å². The normalized spacial score (nSPS) is 26.5. The highest BCUT2D eigenvalue weighted by Crippen LogP contribution is 2.52. The average molecular weight is 533 g/mol. The van der Waals surface area contributed by atoms with Crippen molar-refractivity contribution in [1.82, 2.24) is 25.2 Å². The number of thioether (sulfide) groups is 1. The number of hydrogen-bond donors (Lipinski definition) is 1. The van der Waals surface area contributed by atoms with Gasteiger partial charge in [-0.1, -0.05) is 58.7 Å². The van der Waals surface area contributed by atoms with Gasteiger partial charge in [-0.3, -0.25) is 14.3 Å². The zero-order valence-electron chi connectivity index (χ0n) is 17.4. The van der Waals surface area contributed by atoms with E-state index in [0.717, 1.165) is 5.56 Å². The minimum Gasteiger partial charge on any atom is -0.426 e. The van der Waals surface area contributed by atoms with Crippen LogP contribution in [0.2, 0.25) is 0 Å². The van der Waals surface area contributed by atoms with Gasteiger partial charge < -0.3 is 15.0 Å². The third-order valence-corrected chi connectivity index (χ3v) is 8.13. The van der Waals surface area contributed by atoms with Gasteiger partial charge in [-0.05, 0) is 12.5 Å².